The van der Waals surface area contributed by atoms with E-state index in [9.17, 15) is 14.7 Å². The van der Waals surface area contributed by atoms with Crippen molar-refractivity contribution >= 4 is 17.4 Å². The van der Waals surface area contributed by atoms with Crippen LogP contribution >= 0.6 is 0 Å². The van der Waals surface area contributed by atoms with Gasteiger partial charge in [0, 0.05) is 17.8 Å². The molecule has 2 heterocycles. The number of aliphatic hydroxyl groups excluding tert-OH is 1. The van der Waals surface area contributed by atoms with Gasteiger partial charge in [0.15, 0.2) is 0 Å². The Morgan fingerprint density at radius 3 is 2.52 bits per heavy atom. The average Bonchev–Trinajstić information content (AvgIpc) is 3.01. The van der Waals surface area contributed by atoms with Crippen molar-refractivity contribution in [3.63, 3.8) is 0 Å². The first-order valence-corrected chi connectivity index (χ1v) is 10.3. The number of carbonyl (C=O) groups excluding carboxylic acids is 2. The zero-order valence-electron chi connectivity index (χ0n) is 16.9. The maximum Gasteiger partial charge on any atom is 0.295 e. The van der Waals surface area contributed by atoms with Crippen molar-refractivity contribution in [1.29, 1.82) is 0 Å². The summed E-state index contributed by atoms with van der Waals surface area (Å²) in [6, 6.07) is 10.6. The summed E-state index contributed by atoms with van der Waals surface area (Å²) in [6.45, 7) is 3.83. The molecule has 2 aromatic rings. The number of Topliss-reactive ketones (excluding diaryl/α,β-unsaturated/α-hetero) is 1. The highest BCUT2D eigenvalue weighted by atomic mass is 16.3. The molecule has 1 saturated heterocycles. The van der Waals surface area contributed by atoms with E-state index < -0.39 is 17.7 Å². The van der Waals surface area contributed by atoms with Gasteiger partial charge in [-0.25, -0.2) is 0 Å². The minimum atomic E-state index is -0.654. The maximum absolute atomic E-state index is 13.1. The van der Waals surface area contributed by atoms with Crippen LogP contribution in [0.25, 0.3) is 5.76 Å². The summed E-state index contributed by atoms with van der Waals surface area (Å²) >= 11 is 0. The monoisotopic (exact) mass is 390 g/mol. The molecule has 1 aliphatic heterocycles. The normalized spacial score (nSPS) is 22.3. The Labute approximate surface area is 171 Å². The third-order valence-electron chi connectivity index (χ3n) is 6.06. The van der Waals surface area contributed by atoms with Gasteiger partial charge < -0.3 is 10.0 Å². The van der Waals surface area contributed by atoms with Gasteiger partial charge in [0.05, 0.1) is 11.3 Å². The van der Waals surface area contributed by atoms with Crippen LogP contribution in [0.2, 0.25) is 0 Å². The summed E-state index contributed by atoms with van der Waals surface area (Å²) < 4.78 is 0. The Bertz CT molecular complexity index is 975. The standard InChI is InChI=1S/C24H26N2O3/c1-15-11-12-16(2)18(14-15)22(27)20-21(19-10-6-7-13-25-19)26(24(29)23(20)28)17-8-4-3-5-9-17/h6-7,10-14,17,21,27H,3-5,8-9H2,1-2H3/b22-20+. The molecule has 29 heavy (non-hydrogen) atoms. The van der Waals surface area contributed by atoms with Crippen LogP contribution in [0.1, 0.15) is 60.5 Å². The van der Waals surface area contributed by atoms with E-state index in [0.717, 1.165) is 43.2 Å². The molecule has 0 radical (unpaired) electrons. The number of ketones is 1. The van der Waals surface area contributed by atoms with E-state index in [4.69, 9.17) is 0 Å². The van der Waals surface area contributed by atoms with Crippen LogP contribution < -0.4 is 0 Å². The molecule has 1 unspecified atom stereocenters. The molecule has 5 nitrogen and oxygen atoms in total. The number of amides is 1. The van der Waals surface area contributed by atoms with E-state index in [1.54, 1.807) is 17.2 Å². The molecular formula is C24H26N2O3. The second-order valence-electron chi connectivity index (χ2n) is 8.07. The van der Waals surface area contributed by atoms with Crippen molar-refractivity contribution in [3.8, 4) is 0 Å². The molecular weight excluding hydrogens is 364 g/mol. The Morgan fingerprint density at radius 2 is 1.83 bits per heavy atom. The lowest BCUT2D eigenvalue weighted by Crippen LogP contribution is -2.40. The summed E-state index contributed by atoms with van der Waals surface area (Å²) in [5.41, 5.74) is 3.19. The fourth-order valence-electron chi connectivity index (χ4n) is 4.55. The average molecular weight is 390 g/mol. The second kappa shape index (κ2) is 7.82. The second-order valence-corrected chi connectivity index (χ2v) is 8.07. The Balaban J connectivity index is 1.90. The first-order chi connectivity index (χ1) is 14.0. The number of carbonyl (C=O) groups is 2. The van der Waals surface area contributed by atoms with E-state index in [-0.39, 0.29) is 17.4 Å². The highest BCUT2D eigenvalue weighted by molar-refractivity contribution is 6.46. The zero-order valence-corrected chi connectivity index (χ0v) is 16.9. The number of hydrogen-bond donors (Lipinski definition) is 1. The fourth-order valence-corrected chi connectivity index (χ4v) is 4.55. The molecule has 0 bridgehead atoms. The van der Waals surface area contributed by atoms with E-state index in [1.807, 2.05) is 44.2 Å². The Morgan fingerprint density at radius 1 is 1.07 bits per heavy atom. The molecule has 1 N–H and O–H groups in total. The molecule has 1 atom stereocenters. The predicted octanol–water partition coefficient (Wildman–Crippen LogP) is 4.45. The summed E-state index contributed by atoms with van der Waals surface area (Å²) in [6.07, 6.45) is 6.64. The molecule has 1 amide bonds. The fraction of sp³-hybridized carbons (Fsp3) is 0.375. The molecule has 2 aliphatic rings. The van der Waals surface area contributed by atoms with Crippen LogP contribution in [0.3, 0.4) is 0 Å². The highest BCUT2D eigenvalue weighted by Gasteiger charge is 2.49. The molecule has 5 heteroatoms. The number of rotatable bonds is 3. The minimum Gasteiger partial charge on any atom is -0.507 e. The van der Waals surface area contributed by atoms with Gasteiger partial charge in [-0.2, -0.15) is 0 Å². The van der Waals surface area contributed by atoms with Crippen molar-refractivity contribution in [1.82, 2.24) is 9.88 Å². The number of nitrogens with zero attached hydrogens (tertiary/aromatic N) is 2. The first kappa shape index (κ1) is 19.4. The molecule has 150 valence electrons. The molecule has 1 saturated carbocycles. The first-order valence-electron chi connectivity index (χ1n) is 10.3. The lowest BCUT2D eigenvalue weighted by molar-refractivity contribution is -0.141. The van der Waals surface area contributed by atoms with Crippen molar-refractivity contribution in [2.24, 2.45) is 0 Å². The van der Waals surface area contributed by atoms with Crippen molar-refractivity contribution in [2.45, 2.75) is 58.0 Å². The number of aromatic nitrogens is 1. The van der Waals surface area contributed by atoms with Gasteiger partial charge in [0.2, 0.25) is 0 Å². The maximum atomic E-state index is 13.1. The van der Waals surface area contributed by atoms with Gasteiger partial charge in [0.1, 0.15) is 11.8 Å². The van der Waals surface area contributed by atoms with Crippen LogP contribution in [0.15, 0.2) is 48.2 Å². The van der Waals surface area contributed by atoms with E-state index in [2.05, 4.69) is 4.98 Å². The number of benzene rings is 1. The van der Waals surface area contributed by atoms with Gasteiger partial charge in [0.25, 0.3) is 11.7 Å². The van der Waals surface area contributed by atoms with E-state index in [0.29, 0.717) is 11.3 Å². The minimum absolute atomic E-state index is 0.00360. The van der Waals surface area contributed by atoms with Crippen molar-refractivity contribution < 1.29 is 14.7 Å². The summed E-state index contributed by atoms with van der Waals surface area (Å²) in [5, 5.41) is 11.2. The quantitative estimate of drug-likeness (QED) is 0.477. The van der Waals surface area contributed by atoms with Gasteiger partial charge >= 0.3 is 0 Å². The van der Waals surface area contributed by atoms with Crippen LogP contribution in [0.4, 0.5) is 0 Å². The Hall–Kier alpha value is -2.95. The smallest absolute Gasteiger partial charge is 0.295 e. The van der Waals surface area contributed by atoms with Crippen molar-refractivity contribution in [2.75, 3.05) is 0 Å². The molecule has 1 aromatic carbocycles. The topological polar surface area (TPSA) is 70.5 Å². The highest BCUT2D eigenvalue weighted by Crippen LogP contribution is 2.42. The van der Waals surface area contributed by atoms with Gasteiger partial charge in [-0.1, -0.05) is 43.0 Å². The predicted molar refractivity (Wildman–Crippen MR) is 111 cm³/mol. The van der Waals surface area contributed by atoms with E-state index in [1.165, 1.54) is 0 Å². The Kier molecular flexibility index (Phi) is 5.22. The zero-order chi connectivity index (χ0) is 20.5. The summed E-state index contributed by atoms with van der Waals surface area (Å²) in [4.78, 5) is 32.3. The van der Waals surface area contributed by atoms with Crippen LogP contribution in [-0.4, -0.2) is 32.7 Å². The summed E-state index contributed by atoms with van der Waals surface area (Å²) in [5.74, 6) is -1.26. The third kappa shape index (κ3) is 3.46. The number of aryl methyl sites for hydroxylation is 2. The van der Waals surface area contributed by atoms with Gasteiger partial charge in [-0.15, -0.1) is 0 Å². The molecule has 4 rings (SSSR count). The van der Waals surface area contributed by atoms with E-state index >= 15 is 0 Å². The SMILES string of the molecule is Cc1ccc(C)c(/C(O)=C2\C(=O)C(=O)N(C3CCCCC3)C2c2ccccn2)c1. The summed E-state index contributed by atoms with van der Waals surface area (Å²) in [7, 11) is 0. The number of hydrogen-bond acceptors (Lipinski definition) is 4. The number of pyridine rings is 1. The van der Waals surface area contributed by atoms with Crippen molar-refractivity contribution in [3.05, 3.63) is 70.6 Å². The largest absolute Gasteiger partial charge is 0.507 e. The number of likely N-dealkylation sites (tertiary alicyclic amines) is 1. The lowest BCUT2D eigenvalue weighted by Gasteiger charge is -2.35. The lowest BCUT2D eigenvalue weighted by atomic mass is 9.91. The van der Waals surface area contributed by atoms with Gasteiger partial charge in [-0.3, -0.25) is 14.6 Å². The number of aliphatic hydroxyl groups is 1. The third-order valence-corrected chi connectivity index (χ3v) is 6.06. The molecule has 2 fully saturated rings. The molecule has 1 aromatic heterocycles. The molecule has 0 spiro atoms. The molecule has 1 aliphatic carbocycles. The van der Waals surface area contributed by atoms with Gasteiger partial charge in [-0.05, 0) is 50.5 Å². The van der Waals surface area contributed by atoms with Crippen LogP contribution in [-0.2, 0) is 9.59 Å². The van der Waals surface area contributed by atoms with Crippen LogP contribution in [0, 0.1) is 13.8 Å². The van der Waals surface area contributed by atoms with Crippen LogP contribution in [0.5, 0.6) is 0 Å².